The van der Waals surface area contributed by atoms with E-state index in [-0.39, 0.29) is 17.8 Å². The predicted octanol–water partition coefficient (Wildman–Crippen LogP) is 5.52. The minimum Gasteiger partial charge on any atom is -0.451 e. The Kier molecular flexibility index (Phi) is 4.83. The first-order valence-electron chi connectivity index (χ1n) is 10.2. The Morgan fingerprint density at radius 2 is 1.93 bits per heavy atom. The van der Waals surface area contributed by atoms with E-state index in [0.29, 0.717) is 36.0 Å². The maximum Gasteiger partial charge on any atom is 0.290 e. The Hall–Kier alpha value is -3.41. The molecule has 1 atom stereocenters. The van der Waals surface area contributed by atoms with Crippen molar-refractivity contribution in [3.63, 3.8) is 0 Å². The molecule has 2 aromatic carbocycles. The lowest BCUT2D eigenvalue weighted by Gasteiger charge is -2.33. The number of para-hydroxylation sites is 1. The van der Waals surface area contributed by atoms with Gasteiger partial charge in [0, 0.05) is 18.4 Å². The van der Waals surface area contributed by atoms with Crippen molar-refractivity contribution in [1.29, 1.82) is 0 Å². The molecule has 1 aliphatic rings. The summed E-state index contributed by atoms with van der Waals surface area (Å²) in [7, 11) is 0. The van der Waals surface area contributed by atoms with Crippen molar-refractivity contribution in [1.82, 2.24) is 9.88 Å². The lowest BCUT2D eigenvalue weighted by molar-refractivity contribution is 0.0540. The van der Waals surface area contributed by atoms with Crippen LogP contribution in [0.2, 0.25) is 0 Å². The Morgan fingerprint density at radius 3 is 2.77 bits per heavy atom. The number of oxazole rings is 1. The van der Waals surface area contributed by atoms with Crippen LogP contribution in [-0.4, -0.2) is 22.3 Å². The van der Waals surface area contributed by atoms with Crippen molar-refractivity contribution >= 4 is 16.9 Å². The number of fused-ring (bicyclic) bond motifs is 1. The zero-order valence-electron chi connectivity index (χ0n) is 16.4. The fourth-order valence-corrected chi connectivity index (χ4v) is 4.02. The van der Waals surface area contributed by atoms with Gasteiger partial charge in [0.1, 0.15) is 23.2 Å². The maximum absolute atomic E-state index is 13.2. The van der Waals surface area contributed by atoms with E-state index in [1.165, 1.54) is 12.1 Å². The lowest BCUT2D eigenvalue weighted by Crippen LogP contribution is -2.38. The predicted molar refractivity (Wildman–Crippen MR) is 110 cm³/mol. The van der Waals surface area contributed by atoms with E-state index < -0.39 is 0 Å². The second kappa shape index (κ2) is 7.78. The van der Waals surface area contributed by atoms with Crippen LogP contribution < -0.4 is 0 Å². The SMILES string of the molecule is O=C(c1cc2ccccc2o1)N1CCCCC1c1ncc(Cc2ccc(F)cc2)o1. The zero-order valence-corrected chi connectivity index (χ0v) is 16.4. The Morgan fingerprint density at radius 1 is 1.10 bits per heavy atom. The fourth-order valence-electron chi connectivity index (χ4n) is 4.02. The minimum atomic E-state index is -0.265. The molecular formula is C24H21FN2O3. The Labute approximate surface area is 173 Å². The summed E-state index contributed by atoms with van der Waals surface area (Å²) in [6, 6.07) is 15.5. The third-order valence-electron chi connectivity index (χ3n) is 5.55. The van der Waals surface area contributed by atoms with Gasteiger partial charge in [-0.3, -0.25) is 4.79 Å². The van der Waals surface area contributed by atoms with Crippen molar-refractivity contribution in [3.05, 3.63) is 89.6 Å². The van der Waals surface area contributed by atoms with E-state index in [0.717, 1.165) is 30.2 Å². The number of amides is 1. The number of nitrogens with zero attached hydrogens (tertiary/aromatic N) is 2. The highest BCUT2D eigenvalue weighted by Gasteiger charge is 2.33. The van der Waals surface area contributed by atoms with Crippen LogP contribution >= 0.6 is 0 Å². The molecule has 1 saturated heterocycles. The number of aromatic nitrogens is 1. The standard InChI is InChI=1S/C24H21FN2O3/c25-18-10-8-16(9-11-18)13-19-15-26-23(29-19)20-6-3-4-12-27(20)24(28)22-14-17-5-1-2-7-21(17)30-22/h1-2,5,7-11,14-15,20H,3-4,6,12-13H2. The number of carbonyl (C=O) groups excluding carboxylic acids is 1. The van der Waals surface area contributed by atoms with Crippen LogP contribution in [0.1, 0.15) is 53.1 Å². The van der Waals surface area contributed by atoms with Gasteiger partial charge in [-0.15, -0.1) is 0 Å². The van der Waals surface area contributed by atoms with Crippen molar-refractivity contribution in [2.24, 2.45) is 0 Å². The first-order chi connectivity index (χ1) is 14.7. The van der Waals surface area contributed by atoms with Crippen LogP contribution in [0, 0.1) is 5.82 Å². The molecule has 152 valence electrons. The molecule has 0 radical (unpaired) electrons. The van der Waals surface area contributed by atoms with Gasteiger partial charge in [0.25, 0.3) is 5.91 Å². The smallest absolute Gasteiger partial charge is 0.290 e. The molecule has 5 nitrogen and oxygen atoms in total. The largest absolute Gasteiger partial charge is 0.451 e. The molecule has 0 bridgehead atoms. The number of rotatable bonds is 4. The van der Waals surface area contributed by atoms with E-state index in [4.69, 9.17) is 8.83 Å². The van der Waals surface area contributed by atoms with E-state index in [1.54, 1.807) is 29.3 Å². The molecule has 0 spiro atoms. The molecule has 0 saturated carbocycles. The van der Waals surface area contributed by atoms with Gasteiger partial charge in [0.15, 0.2) is 5.76 Å². The van der Waals surface area contributed by atoms with Gasteiger partial charge in [0.05, 0.1) is 6.20 Å². The first kappa shape index (κ1) is 18.6. The van der Waals surface area contributed by atoms with Crippen LogP contribution in [0.3, 0.4) is 0 Å². The lowest BCUT2D eigenvalue weighted by atomic mass is 10.0. The number of hydrogen-bond donors (Lipinski definition) is 0. The highest BCUT2D eigenvalue weighted by Crippen LogP contribution is 2.33. The Bertz CT molecular complexity index is 1150. The molecule has 4 aromatic rings. The van der Waals surface area contributed by atoms with Crippen molar-refractivity contribution in [2.75, 3.05) is 6.54 Å². The second-order valence-electron chi connectivity index (χ2n) is 7.63. The van der Waals surface area contributed by atoms with Crippen molar-refractivity contribution in [2.45, 2.75) is 31.7 Å². The van der Waals surface area contributed by atoms with Crippen LogP contribution in [0.4, 0.5) is 4.39 Å². The molecule has 5 rings (SSSR count). The van der Waals surface area contributed by atoms with Gasteiger partial charge in [-0.05, 0) is 49.1 Å². The number of benzene rings is 2. The van der Waals surface area contributed by atoms with Crippen LogP contribution in [0.25, 0.3) is 11.0 Å². The van der Waals surface area contributed by atoms with E-state index in [1.807, 2.05) is 24.3 Å². The monoisotopic (exact) mass is 404 g/mol. The average molecular weight is 404 g/mol. The van der Waals surface area contributed by atoms with Gasteiger partial charge in [-0.25, -0.2) is 9.37 Å². The maximum atomic E-state index is 13.2. The van der Waals surface area contributed by atoms with Crippen molar-refractivity contribution in [3.8, 4) is 0 Å². The molecule has 1 unspecified atom stereocenters. The molecule has 6 heteroatoms. The third-order valence-corrected chi connectivity index (χ3v) is 5.55. The fraction of sp³-hybridized carbons (Fsp3) is 0.250. The molecule has 1 fully saturated rings. The van der Waals surface area contributed by atoms with Gasteiger partial charge in [0.2, 0.25) is 5.89 Å². The van der Waals surface area contributed by atoms with E-state index >= 15 is 0 Å². The molecule has 0 aliphatic carbocycles. The zero-order chi connectivity index (χ0) is 20.5. The summed E-state index contributed by atoms with van der Waals surface area (Å²) in [6.45, 7) is 0.635. The quantitative estimate of drug-likeness (QED) is 0.449. The summed E-state index contributed by atoms with van der Waals surface area (Å²) in [5.41, 5.74) is 1.64. The summed E-state index contributed by atoms with van der Waals surface area (Å²) >= 11 is 0. The van der Waals surface area contributed by atoms with E-state index in [2.05, 4.69) is 4.98 Å². The Balaban J connectivity index is 1.38. The van der Waals surface area contributed by atoms with Crippen LogP contribution in [0.5, 0.6) is 0 Å². The first-order valence-corrected chi connectivity index (χ1v) is 10.2. The van der Waals surface area contributed by atoms with Crippen molar-refractivity contribution < 1.29 is 18.0 Å². The second-order valence-corrected chi connectivity index (χ2v) is 7.63. The highest BCUT2D eigenvalue weighted by atomic mass is 19.1. The van der Waals surface area contributed by atoms with E-state index in [9.17, 15) is 9.18 Å². The van der Waals surface area contributed by atoms with Crippen LogP contribution in [0.15, 0.2) is 69.6 Å². The van der Waals surface area contributed by atoms with Gasteiger partial charge >= 0.3 is 0 Å². The third kappa shape index (κ3) is 3.61. The minimum absolute atomic E-state index is 0.144. The molecule has 2 aromatic heterocycles. The van der Waals surface area contributed by atoms with Gasteiger partial charge < -0.3 is 13.7 Å². The highest BCUT2D eigenvalue weighted by molar-refractivity contribution is 5.96. The number of carbonyl (C=O) groups is 1. The number of halogens is 1. The molecule has 30 heavy (non-hydrogen) atoms. The average Bonchev–Trinajstić information content (AvgIpc) is 3.42. The summed E-state index contributed by atoms with van der Waals surface area (Å²) < 4.78 is 24.9. The summed E-state index contributed by atoms with van der Waals surface area (Å²) in [5.74, 6) is 1.16. The van der Waals surface area contributed by atoms with Crippen LogP contribution in [-0.2, 0) is 6.42 Å². The molecule has 1 amide bonds. The summed E-state index contributed by atoms with van der Waals surface area (Å²) in [5, 5.41) is 0.909. The molecule has 1 aliphatic heterocycles. The van der Waals surface area contributed by atoms with Gasteiger partial charge in [-0.1, -0.05) is 30.3 Å². The summed E-state index contributed by atoms with van der Waals surface area (Å²) in [4.78, 5) is 19.5. The summed E-state index contributed by atoms with van der Waals surface area (Å²) in [6.07, 6.45) is 4.95. The normalized spacial score (nSPS) is 16.8. The number of hydrogen-bond acceptors (Lipinski definition) is 4. The molecule has 0 N–H and O–H groups in total. The number of furan rings is 1. The van der Waals surface area contributed by atoms with Gasteiger partial charge in [-0.2, -0.15) is 0 Å². The number of piperidine rings is 1. The molecule has 3 heterocycles. The number of likely N-dealkylation sites (tertiary alicyclic amines) is 1. The molecular weight excluding hydrogens is 383 g/mol. The topological polar surface area (TPSA) is 59.5 Å².